The minimum absolute atomic E-state index is 0.126. The van der Waals surface area contributed by atoms with E-state index in [1.54, 1.807) is 31.5 Å². The number of halogens is 2. The third-order valence-electron chi connectivity index (χ3n) is 3.78. The Balaban J connectivity index is 0.000000284. The van der Waals surface area contributed by atoms with Gasteiger partial charge in [0, 0.05) is 12.4 Å². The van der Waals surface area contributed by atoms with E-state index in [0.29, 0.717) is 10.6 Å². The van der Waals surface area contributed by atoms with E-state index in [4.69, 9.17) is 16.3 Å². The molecule has 3 nitrogen and oxygen atoms in total. The molecule has 0 spiro atoms. The largest absolute Gasteiger partial charge is 0.469 e. The van der Waals surface area contributed by atoms with Gasteiger partial charge in [-0.2, -0.15) is 0 Å². The van der Waals surface area contributed by atoms with Crippen LogP contribution >= 0.6 is 11.6 Å². The normalized spacial score (nSPS) is 15.0. The van der Waals surface area contributed by atoms with Crippen molar-refractivity contribution in [2.45, 2.75) is 33.6 Å². The molecule has 1 heterocycles. The maximum atomic E-state index is 12.3. The number of pyridine rings is 1. The van der Waals surface area contributed by atoms with E-state index in [1.807, 2.05) is 32.1 Å². The van der Waals surface area contributed by atoms with Gasteiger partial charge in [0.25, 0.3) is 0 Å². The summed E-state index contributed by atoms with van der Waals surface area (Å²) in [4.78, 5) is 15.4. The van der Waals surface area contributed by atoms with Crippen LogP contribution in [-0.4, -0.2) is 18.1 Å². The average Bonchev–Trinajstić information content (AvgIpc) is 3.16. The fraction of sp³-hybridized carbons (Fsp3) is 0.333. The molecule has 0 N–H and O–H groups in total. The van der Waals surface area contributed by atoms with Crippen LogP contribution in [0.1, 0.15) is 37.8 Å². The summed E-state index contributed by atoms with van der Waals surface area (Å²) >= 11 is 5.87. The first-order chi connectivity index (χ1) is 12.5. The summed E-state index contributed by atoms with van der Waals surface area (Å²) in [5.74, 6) is -0.434. The van der Waals surface area contributed by atoms with Gasteiger partial charge in [0.1, 0.15) is 5.82 Å². The van der Waals surface area contributed by atoms with Gasteiger partial charge < -0.3 is 4.74 Å². The summed E-state index contributed by atoms with van der Waals surface area (Å²) in [5, 5.41) is 0.611. The van der Waals surface area contributed by atoms with Gasteiger partial charge in [-0.05, 0) is 48.6 Å². The lowest BCUT2D eigenvalue weighted by Gasteiger charge is -2.02. The highest BCUT2D eigenvalue weighted by atomic mass is 35.5. The quantitative estimate of drug-likeness (QED) is 0.615. The van der Waals surface area contributed by atoms with Crippen LogP contribution in [0.3, 0.4) is 0 Å². The summed E-state index contributed by atoms with van der Waals surface area (Å²) < 4.78 is 17.0. The maximum absolute atomic E-state index is 12.3. The Labute approximate surface area is 159 Å². The zero-order chi connectivity index (χ0) is 19.5. The van der Waals surface area contributed by atoms with Gasteiger partial charge >= 0.3 is 5.97 Å². The molecule has 140 valence electrons. The molecule has 0 aliphatic heterocycles. The van der Waals surface area contributed by atoms with Gasteiger partial charge in [0.05, 0.1) is 18.1 Å². The highest BCUT2D eigenvalue weighted by molar-refractivity contribution is 6.30. The van der Waals surface area contributed by atoms with Crippen LogP contribution in [0.25, 0.3) is 5.57 Å². The average molecular weight is 378 g/mol. The lowest BCUT2D eigenvalue weighted by Crippen LogP contribution is -2.10. The number of rotatable bonds is 2. The van der Waals surface area contributed by atoms with Gasteiger partial charge in [-0.25, -0.2) is 4.39 Å². The minimum Gasteiger partial charge on any atom is -0.469 e. The lowest BCUT2D eigenvalue weighted by molar-refractivity contribution is -0.143. The fourth-order valence-electron chi connectivity index (χ4n) is 2.44. The summed E-state index contributed by atoms with van der Waals surface area (Å²) in [6, 6.07) is 8.56. The molecule has 1 unspecified atom stereocenters. The van der Waals surface area contributed by atoms with Gasteiger partial charge in [-0.1, -0.05) is 49.7 Å². The summed E-state index contributed by atoms with van der Waals surface area (Å²) in [5.41, 5.74) is 2.80. The van der Waals surface area contributed by atoms with Crippen molar-refractivity contribution >= 4 is 23.1 Å². The molecule has 0 saturated heterocycles. The molecule has 1 aromatic carbocycles. The third kappa shape index (κ3) is 6.60. The van der Waals surface area contributed by atoms with Crippen LogP contribution in [0.5, 0.6) is 0 Å². The Morgan fingerprint density at radius 3 is 2.50 bits per heavy atom. The smallest absolute Gasteiger partial charge is 0.312 e. The number of nitrogens with zero attached hydrogens (tertiary/aromatic N) is 1. The molecule has 0 radical (unpaired) electrons. The van der Waals surface area contributed by atoms with Crippen molar-refractivity contribution in [3.63, 3.8) is 0 Å². The van der Waals surface area contributed by atoms with Gasteiger partial charge in [-0.15, -0.1) is 0 Å². The van der Waals surface area contributed by atoms with Crippen molar-refractivity contribution < 1.29 is 13.9 Å². The molecular weight excluding hydrogens is 353 g/mol. The molecule has 2 aromatic rings. The molecule has 0 saturated carbocycles. The van der Waals surface area contributed by atoms with E-state index in [2.05, 4.69) is 4.98 Å². The summed E-state index contributed by atoms with van der Waals surface area (Å²) in [6.45, 7) is 5.75. The minimum atomic E-state index is -0.176. The molecule has 26 heavy (non-hydrogen) atoms. The van der Waals surface area contributed by atoms with E-state index in [-0.39, 0.29) is 17.7 Å². The molecule has 0 fully saturated rings. The van der Waals surface area contributed by atoms with E-state index in [9.17, 15) is 9.18 Å². The van der Waals surface area contributed by atoms with Crippen LogP contribution in [0, 0.1) is 18.7 Å². The molecule has 3 rings (SSSR count). The number of hydrogen-bond donors (Lipinski definition) is 0. The number of methoxy groups -OCH3 is 1. The Bertz CT molecular complexity index is 725. The number of allylic oxidation sites excluding steroid dienone is 1. The monoisotopic (exact) mass is 377 g/mol. The zero-order valence-electron chi connectivity index (χ0n) is 15.6. The Morgan fingerprint density at radius 2 is 1.96 bits per heavy atom. The lowest BCUT2D eigenvalue weighted by atomic mass is 10.1. The number of aryl methyl sites for hydroxylation is 1. The van der Waals surface area contributed by atoms with E-state index < -0.39 is 0 Å². The van der Waals surface area contributed by atoms with Crippen LogP contribution < -0.4 is 0 Å². The Kier molecular flexibility index (Phi) is 9.60. The summed E-state index contributed by atoms with van der Waals surface area (Å²) in [6.07, 6.45) is 6.96. The summed E-state index contributed by atoms with van der Waals surface area (Å²) in [7, 11) is 1.41. The van der Waals surface area contributed by atoms with Gasteiger partial charge in [0.2, 0.25) is 0 Å². The van der Waals surface area contributed by atoms with Gasteiger partial charge in [-0.3, -0.25) is 9.78 Å². The number of ether oxygens (including phenoxy) is 1. The first kappa shape index (κ1) is 21.8. The van der Waals surface area contributed by atoms with Crippen molar-refractivity contribution in [2.24, 2.45) is 5.92 Å². The maximum Gasteiger partial charge on any atom is 0.312 e. The molecule has 1 aromatic heterocycles. The number of benzene rings is 1. The molecule has 5 heteroatoms. The molecule has 0 bridgehead atoms. The second kappa shape index (κ2) is 11.4. The van der Waals surface area contributed by atoms with E-state index >= 15 is 0 Å². The number of carbonyl (C=O) groups excluding carboxylic acids is 1. The fourth-order valence-corrected chi connectivity index (χ4v) is 2.61. The first-order valence-corrected chi connectivity index (χ1v) is 8.99. The second-order valence-electron chi connectivity index (χ2n) is 5.50. The molecule has 1 aliphatic rings. The molecule has 1 aliphatic carbocycles. The number of aromatic nitrogens is 1. The zero-order valence-corrected chi connectivity index (χ0v) is 16.4. The second-order valence-corrected chi connectivity index (χ2v) is 5.94. The van der Waals surface area contributed by atoms with E-state index in [1.165, 1.54) is 13.2 Å². The number of esters is 1. The Morgan fingerprint density at radius 1 is 1.27 bits per heavy atom. The topological polar surface area (TPSA) is 39.2 Å². The highest BCUT2D eigenvalue weighted by Crippen LogP contribution is 2.32. The van der Waals surface area contributed by atoms with Gasteiger partial charge in [0.15, 0.2) is 0 Å². The number of hydrogen-bond acceptors (Lipinski definition) is 3. The van der Waals surface area contributed by atoms with Crippen molar-refractivity contribution in [3.05, 3.63) is 70.8 Å². The Hall–Kier alpha value is -2.20. The standard InChI is InChI=1S/C12H12ClNO2.C7H7F.C2H6/c1-16-12(15)9-3-2-8(4-9)10-5-11(13)7-14-6-10;1-6-4-2-3-5-7(6)8;1-2/h4-7,9H,2-3H2,1H3;2-5H,1H3;1-2H3. The van der Waals surface area contributed by atoms with Crippen LogP contribution in [-0.2, 0) is 9.53 Å². The predicted octanol–water partition coefficient (Wildman–Crippen LogP) is 5.86. The van der Waals surface area contributed by atoms with Crippen molar-refractivity contribution in [2.75, 3.05) is 7.11 Å². The number of carbonyl (C=O) groups is 1. The van der Waals surface area contributed by atoms with Crippen LogP contribution in [0.15, 0.2) is 48.8 Å². The van der Waals surface area contributed by atoms with Crippen molar-refractivity contribution in [1.29, 1.82) is 0 Å². The highest BCUT2D eigenvalue weighted by Gasteiger charge is 2.23. The molecule has 1 atom stereocenters. The van der Waals surface area contributed by atoms with Crippen LogP contribution in [0.4, 0.5) is 4.39 Å². The van der Waals surface area contributed by atoms with E-state index in [0.717, 1.165) is 24.0 Å². The first-order valence-electron chi connectivity index (χ1n) is 8.62. The predicted molar refractivity (Wildman–Crippen MR) is 104 cm³/mol. The SMILES string of the molecule is CC.COC(=O)C1C=C(c2cncc(Cl)c2)CC1.Cc1ccccc1F. The molecule has 0 amide bonds. The van der Waals surface area contributed by atoms with Crippen LogP contribution in [0.2, 0.25) is 5.02 Å². The molecular formula is C21H25ClFNO2. The third-order valence-corrected chi connectivity index (χ3v) is 3.99. The van der Waals surface area contributed by atoms with Crippen molar-refractivity contribution in [3.8, 4) is 0 Å². The van der Waals surface area contributed by atoms with Crippen molar-refractivity contribution in [1.82, 2.24) is 4.98 Å².